The molecule has 4 aromatic rings. The van der Waals surface area contributed by atoms with Crippen LogP contribution in [0.3, 0.4) is 0 Å². The number of halogens is 2. The summed E-state index contributed by atoms with van der Waals surface area (Å²) in [6, 6.07) is 10.3. The molecule has 12 heteroatoms. The number of nitrogens with one attached hydrogen (secondary N) is 2. The van der Waals surface area contributed by atoms with Gasteiger partial charge in [-0.3, -0.25) is 14.9 Å². The molecule has 2 N–H and O–H groups in total. The van der Waals surface area contributed by atoms with Crippen molar-refractivity contribution in [3.8, 4) is 0 Å². The maximum absolute atomic E-state index is 13.6. The minimum Gasteiger partial charge on any atom is -0.323 e. The van der Waals surface area contributed by atoms with Gasteiger partial charge in [0.2, 0.25) is 11.0 Å². The van der Waals surface area contributed by atoms with Crippen molar-refractivity contribution in [1.82, 2.24) is 15.2 Å². The predicted molar refractivity (Wildman–Crippen MR) is 113 cm³/mol. The summed E-state index contributed by atoms with van der Waals surface area (Å²) in [5, 5.41) is 13.4. The summed E-state index contributed by atoms with van der Waals surface area (Å²) in [6.45, 7) is 0. The number of hydrogen-bond acceptors (Lipinski definition) is 8. The van der Waals surface area contributed by atoms with Crippen molar-refractivity contribution in [2.24, 2.45) is 0 Å². The number of benzene rings is 2. The monoisotopic (exact) mass is 463 g/mol. The SMILES string of the molecule is O=C(CSc1nnc(NC(=O)c2nc3ccccc3s2)s1)Nc1ccc(F)cc1F. The van der Waals surface area contributed by atoms with Crippen LogP contribution in [0.2, 0.25) is 0 Å². The quantitative estimate of drug-likeness (QED) is 0.325. The Morgan fingerprint density at radius 1 is 1.03 bits per heavy atom. The molecule has 0 aliphatic carbocycles. The number of aromatic nitrogens is 3. The summed E-state index contributed by atoms with van der Waals surface area (Å²) < 4.78 is 27.8. The van der Waals surface area contributed by atoms with E-state index in [2.05, 4.69) is 25.8 Å². The minimum absolute atomic E-state index is 0.0583. The molecule has 0 fully saturated rings. The van der Waals surface area contributed by atoms with Crippen LogP contribution in [-0.2, 0) is 4.79 Å². The molecule has 0 unspecified atom stereocenters. The summed E-state index contributed by atoms with van der Waals surface area (Å²) in [5.74, 6) is -2.52. The van der Waals surface area contributed by atoms with Crippen LogP contribution in [0, 0.1) is 11.6 Å². The van der Waals surface area contributed by atoms with Crippen LogP contribution in [0.1, 0.15) is 9.80 Å². The average molecular weight is 464 g/mol. The van der Waals surface area contributed by atoms with Crippen molar-refractivity contribution in [1.29, 1.82) is 0 Å². The Hall–Kier alpha value is -2.96. The molecule has 2 heterocycles. The fourth-order valence-corrected chi connectivity index (χ4v) is 4.75. The van der Waals surface area contributed by atoms with Gasteiger partial charge in [-0.05, 0) is 24.3 Å². The molecular formula is C18H11F2N5O2S3. The Morgan fingerprint density at radius 2 is 1.87 bits per heavy atom. The molecule has 30 heavy (non-hydrogen) atoms. The summed E-state index contributed by atoms with van der Waals surface area (Å²) in [7, 11) is 0. The van der Waals surface area contributed by atoms with Gasteiger partial charge in [-0.2, -0.15) is 0 Å². The lowest BCUT2D eigenvalue weighted by molar-refractivity contribution is -0.113. The summed E-state index contributed by atoms with van der Waals surface area (Å²) in [5.41, 5.74) is 0.632. The van der Waals surface area contributed by atoms with E-state index in [0.29, 0.717) is 15.4 Å². The van der Waals surface area contributed by atoms with E-state index in [1.54, 1.807) is 0 Å². The molecule has 2 amide bonds. The van der Waals surface area contributed by atoms with Crippen molar-refractivity contribution < 1.29 is 18.4 Å². The number of hydrogen-bond donors (Lipinski definition) is 2. The van der Waals surface area contributed by atoms with Gasteiger partial charge in [-0.1, -0.05) is 35.2 Å². The zero-order valence-electron chi connectivity index (χ0n) is 14.9. The van der Waals surface area contributed by atoms with E-state index in [1.165, 1.54) is 11.3 Å². The van der Waals surface area contributed by atoms with Crippen LogP contribution in [0.4, 0.5) is 19.6 Å². The van der Waals surface area contributed by atoms with Crippen LogP contribution in [0.15, 0.2) is 46.8 Å². The highest BCUT2D eigenvalue weighted by Gasteiger charge is 2.16. The third-order valence-corrected chi connectivity index (χ3v) is 6.65. The van der Waals surface area contributed by atoms with Gasteiger partial charge in [0, 0.05) is 6.07 Å². The summed E-state index contributed by atoms with van der Waals surface area (Å²) in [6.07, 6.45) is 0. The van der Waals surface area contributed by atoms with Crippen LogP contribution >= 0.6 is 34.4 Å². The standard InChI is InChI=1S/C18H11F2N5O2S3/c19-9-5-6-11(10(20)7-9)21-14(26)8-28-18-25-24-17(30-18)23-15(27)16-22-12-3-1-2-4-13(12)29-16/h1-7H,8H2,(H,21,26)(H,23,24,27). The predicted octanol–water partition coefficient (Wildman–Crippen LogP) is 4.41. The van der Waals surface area contributed by atoms with Crippen LogP contribution in [-0.4, -0.2) is 32.7 Å². The first kappa shape index (κ1) is 20.3. The zero-order valence-corrected chi connectivity index (χ0v) is 17.3. The largest absolute Gasteiger partial charge is 0.323 e. The van der Waals surface area contributed by atoms with E-state index >= 15 is 0 Å². The maximum atomic E-state index is 13.6. The fourth-order valence-electron chi connectivity index (χ4n) is 2.34. The van der Waals surface area contributed by atoms with Gasteiger partial charge in [0.05, 0.1) is 21.7 Å². The maximum Gasteiger partial charge on any atom is 0.286 e. The lowest BCUT2D eigenvalue weighted by atomic mass is 10.3. The van der Waals surface area contributed by atoms with E-state index in [-0.39, 0.29) is 16.6 Å². The average Bonchev–Trinajstić information content (AvgIpc) is 3.35. The highest BCUT2D eigenvalue weighted by molar-refractivity contribution is 8.01. The molecule has 0 saturated heterocycles. The topological polar surface area (TPSA) is 96.9 Å². The molecule has 0 aliphatic heterocycles. The number of fused-ring (bicyclic) bond motifs is 1. The number of carbonyl (C=O) groups excluding carboxylic acids is 2. The van der Waals surface area contributed by atoms with Crippen LogP contribution in [0.25, 0.3) is 10.2 Å². The molecule has 0 radical (unpaired) electrons. The fraction of sp³-hybridized carbons (Fsp3) is 0.0556. The first-order valence-electron chi connectivity index (χ1n) is 8.36. The highest BCUT2D eigenvalue weighted by Crippen LogP contribution is 2.27. The zero-order chi connectivity index (χ0) is 21.1. The van der Waals surface area contributed by atoms with Crippen LogP contribution in [0.5, 0.6) is 0 Å². The van der Waals surface area contributed by atoms with E-state index in [0.717, 1.165) is 45.4 Å². The third-order valence-electron chi connectivity index (χ3n) is 3.65. The molecule has 152 valence electrons. The van der Waals surface area contributed by atoms with Gasteiger partial charge in [0.25, 0.3) is 5.91 Å². The molecule has 4 rings (SSSR count). The van der Waals surface area contributed by atoms with E-state index in [4.69, 9.17) is 0 Å². The second-order valence-corrected chi connectivity index (χ2v) is 9.01. The number of nitrogens with zero attached hydrogens (tertiary/aromatic N) is 3. The molecule has 7 nitrogen and oxygen atoms in total. The first-order chi connectivity index (χ1) is 14.5. The van der Waals surface area contributed by atoms with Gasteiger partial charge in [-0.15, -0.1) is 21.5 Å². The molecule has 0 atom stereocenters. The molecule has 2 aromatic carbocycles. The van der Waals surface area contributed by atoms with Gasteiger partial charge < -0.3 is 5.32 Å². The third kappa shape index (κ3) is 4.78. The number of amides is 2. The Balaban J connectivity index is 1.32. The number of anilines is 2. The molecule has 0 spiro atoms. The molecule has 2 aromatic heterocycles. The second kappa shape index (κ2) is 8.81. The minimum atomic E-state index is -0.857. The number of thiazole rings is 1. The van der Waals surface area contributed by atoms with Crippen molar-refractivity contribution >= 4 is 67.3 Å². The molecular weight excluding hydrogens is 452 g/mol. The Kier molecular flexibility index (Phi) is 5.97. The van der Waals surface area contributed by atoms with E-state index < -0.39 is 23.4 Å². The van der Waals surface area contributed by atoms with Gasteiger partial charge in [-0.25, -0.2) is 13.8 Å². The van der Waals surface area contributed by atoms with Crippen molar-refractivity contribution in [3.63, 3.8) is 0 Å². The van der Waals surface area contributed by atoms with Crippen molar-refractivity contribution in [2.75, 3.05) is 16.4 Å². The first-order valence-corrected chi connectivity index (χ1v) is 11.0. The highest BCUT2D eigenvalue weighted by atomic mass is 32.2. The van der Waals surface area contributed by atoms with Gasteiger partial charge >= 0.3 is 0 Å². The van der Waals surface area contributed by atoms with Crippen molar-refractivity contribution in [2.45, 2.75) is 4.34 Å². The lowest BCUT2D eigenvalue weighted by Crippen LogP contribution is -2.15. The number of thioether (sulfide) groups is 1. The number of rotatable bonds is 6. The Bertz CT molecular complexity index is 1210. The smallest absolute Gasteiger partial charge is 0.286 e. The Morgan fingerprint density at radius 3 is 2.67 bits per heavy atom. The number of carbonyl (C=O) groups is 2. The molecule has 0 aliphatic rings. The van der Waals surface area contributed by atoms with E-state index in [9.17, 15) is 18.4 Å². The van der Waals surface area contributed by atoms with E-state index in [1.807, 2.05) is 24.3 Å². The van der Waals surface area contributed by atoms with Crippen molar-refractivity contribution in [3.05, 3.63) is 59.1 Å². The Labute approximate surface area is 180 Å². The van der Waals surface area contributed by atoms with Crippen LogP contribution < -0.4 is 10.6 Å². The van der Waals surface area contributed by atoms with Gasteiger partial charge in [0.1, 0.15) is 11.6 Å². The molecule has 0 bridgehead atoms. The van der Waals surface area contributed by atoms with Gasteiger partial charge in [0.15, 0.2) is 9.35 Å². The molecule has 0 saturated carbocycles. The lowest BCUT2D eigenvalue weighted by Gasteiger charge is -2.05. The second-order valence-electron chi connectivity index (χ2n) is 5.78. The summed E-state index contributed by atoms with van der Waals surface area (Å²) >= 11 is 3.44. The summed E-state index contributed by atoms with van der Waals surface area (Å²) in [4.78, 5) is 28.6. The number of para-hydroxylation sites is 1. The normalized spacial score (nSPS) is 10.9.